The van der Waals surface area contributed by atoms with Crippen molar-refractivity contribution in [2.75, 3.05) is 26.9 Å². The molecule has 2 aromatic rings. The van der Waals surface area contributed by atoms with Crippen molar-refractivity contribution in [3.8, 4) is 17.2 Å². The number of rotatable bonds is 10. The van der Waals surface area contributed by atoms with Crippen molar-refractivity contribution >= 4 is 11.9 Å². The van der Waals surface area contributed by atoms with Crippen molar-refractivity contribution < 1.29 is 28.5 Å². The van der Waals surface area contributed by atoms with Gasteiger partial charge in [0, 0.05) is 12.1 Å². The molecule has 1 amide bonds. The first kappa shape index (κ1) is 20.1. The topological polar surface area (TPSA) is 83.1 Å². The van der Waals surface area contributed by atoms with Crippen LogP contribution in [-0.2, 0) is 20.9 Å². The monoisotopic (exact) mass is 373 g/mol. The van der Waals surface area contributed by atoms with E-state index >= 15 is 0 Å². The zero-order chi connectivity index (χ0) is 19.5. The second-order valence-electron chi connectivity index (χ2n) is 5.42. The number of hydrogen-bond acceptors (Lipinski definition) is 6. The van der Waals surface area contributed by atoms with Crippen LogP contribution in [-0.4, -0.2) is 38.8 Å². The highest BCUT2D eigenvalue weighted by Crippen LogP contribution is 2.26. The highest BCUT2D eigenvalue weighted by Gasteiger charge is 2.11. The number of ether oxygens (including phenoxy) is 4. The molecule has 2 aromatic carbocycles. The molecule has 0 aliphatic heterocycles. The molecule has 0 bridgehead atoms. The van der Waals surface area contributed by atoms with Crippen LogP contribution in [0.4, 0.5) is 0 Å². The minimum Gasteiger partial charge on any atom is -0.496 e. The number of para-hydroxylation sites is 3. The second kappa shape index (κ2) is 10.7. The van der Waals surface area contributed by atoms with Gasteiger partial charge in [0.25, 0.3) is 5.91 Å². The van der Waals surface area contributed by atoms with E-state index in [9.17, 15) is 9.59 Å². The largest absolute Gasteiger partial charge is 0.496 e. The Morgan fingerprint density at radius 2 is 1.52 bits per heavy atom. The van der Waals surface area contributed by atoms with Gasteiger partial charge in [0.15, 0.2) is 24.7 Å². The van der Waals surface area contributed by atoms with Crippen molar-refractivity contribution in [1.82, 2.24) is 5.32 Å². The Hall–Kier alpha value is -3.22. The minimum atomic E-state index is -0.645. The van der Waals surface area contributed by atoms with Crippen LogP contribution in [0.5, 0.6) is 17.2 Å². The highest BCUT2D eigenvalue weighted by molar-refractivity contribution is 5.81. The van der Waals surface area contributed by atoms with E-state index in [-0.39, 0.29) is 19.8 Å². The van der Waals surface area contributed by atoms with Crippen LogP contribution in [0.1, 0.15) is 12.5 Å². The number of carbonyl (C=O) groups is 2. The van der Waals surface area contributed by atoms with Gasteiger partial charge in [-0.25, -0.2) is 4.79 Å². The number of carbonyl (C=O) groups excluding carboxylic acids is 2. The lowest BCUT2D eigenvalue weighted by Crippen LogP contribution is -2.29. The van der Waals surface area contributed by atoms with Crippen molar-refractivity contribution in [3.63, 3.8) is 0 Å². The summed E-state index contributed by atoms with van der Waals surface area (Å²) in [6.07, 6.45) is 0. The van der Waals surface area contributed by atoms with Crippen LogP contribution in [0.15, 0.2) is 48.5 Å². The van der Waals surface area contributed by atoms with Gasteiger partial charge in [0.2, 0.25) is 0 Å². The molecular formula is C20H23NO6. The fourth-order valence-corrected chi connectivity index (χ4v) is 2.26. The lowest BCUT2D eigenvalue weighted by atomic mass is 10.2. The van der Waals surface area contributed by atoms with Crippen LogP contribution in [0.3, 0.4) is 0 Å². The maximum Gasteiger partial charge on any atom is 0.344 e. The van der Waals surface area contributed by atoms with E-state index in [1.165, 1.54) is 0 Å². The molecule has 144 valence electrons. The van der Waals surface area contributed by atoms with E-state index in [2.05, 4.69) is 5.32 Å². The summed E-state index contributed by atoms with van der Waals surface area (Å²) in [5, 5.41) is 2.67. The molecule has 27 heavy (non-hydrogen) atoms. The van der Waals surface area contributed by atoms with Crippen LogP contribution in [0.2, 0.25) is 0 Å². The van der Waals surface area contributed by atoms with Gasteiger partial charge in [0.1, 0.15) is 5.75 Å². The maximum absolute atomic E-state index is 11.8. The van der Waals surface area contributed by atoms with E-state index in [1.807, 2.05) is 31.2 Å². The SMILES string of the molecule is CCOc1ccccc1OCC(=O)OCC(=O)NCc1ccccc1OC. The summed E-state index contributed by atoms with van der Waals surface area (Å²) in [5.41, 5.74) is 0.829. The second-order valence-corrected chi connectivity index (χ2v) is 5.42. The molecular weight excluding hydrogens is 350 g/mol. The third-order valence-electron chi connectivity index (χ3n) is 3.53. The smallest absolute Gasteiger partial charge is 0.344 e. The Morgan fingerprint density at radius 1 is 0.889 bits per heavy atom. The maximum atomic E-state index is 11.8. The fraction of sp³-hybridized carbons (Fsp3) is 0.300. The molecule has 0 aliphatic rings. The quantitative estimate of drug-likeness (QED) is 0.644. The molecule has 0 saturated carbocycles. The summed E-state index contributed by atoms with van der Waals surface area (Å²) in [7, 11) is 1.56. The van der Waals surface area contributed by atoms with Gasteiger partial charge in [-0.15, -0.1) is 0 Å². The molecule has 7 heteroatoms. The van der Waals surface area contributed by atoms with Gasteiger partial charge in [-0.2, -0.15) is 0 Å². The van der Waals surface area contributed by atoms with E-state index in [0.717, 1.165) is 5.56 Å². The van der Waals surface area contributed by atoms with Crippen molar-refractivity contribution in [3.05, 3.63) is 54.1 Å². The van der Waals surface area contributed by atoms with Crippen molar-refractivity contribution in [1.29, 1.82) is 0 Å². The summed E-state index contributed by atoms with van der Waals surface area (Å²) >= 11 is 0. The molecule has 0 unspecified atom stereocenters. The first-order valence-electron chi connectivity index (χ1n) is 8.53. The Morgan fingerprint density at radius 3 is 2.19 bits per heavy atom. The Bertz CT molecular complexity index is 762. The predicted octanol–water partition coefficient (Wildman–Crippen LogP) is 2.33. The van der Waals surface area contributed by atoms with Crippen molar-refractivity contribution in [2.45, 2.75) is 13.5 Å². The van der Waals surface area contributed by atoms with E-state index in [0.29, 0.717) is 23.9 Å². The first-order chi connectivity index (χ1) is 13.1. The van der Waals surface area contributed by atoms with Crippen LogP contribution >= 0.6 is 0 Å². The Labute approximate surface area is 158 Å². The third-order valence-corrected chi connectivity index (χ3v) is 3.53. The molecule has 0 heterocycles. The Balaban J connectivity index is 1.73. The van der Waals surface area contributed by atoms with E-state index in [4.69, 9.17) is 18.9 Å². The summed E-state index contributed by atoms with van der Waals surface area (Å²) in [6.45, 7) is 1.92. The highest BCUT2D eigenvalue weighted by atomic mass is 16.6. The average molecular weight is 373 g/mol. The normalized spacial score (nSPS) is 10.0. The molecule has 0 spiro atoms. The predicted molar refractivity (Wildman–Crippen MR) is 98.9 cm³/mol. The molecule has 1 N–H and O–H groups in total. The van der Waals surface area contributed by atoms with Gasteiger partial charge in [-0.1, -0.05) is 30.3 Å². The van der Waals surface area contributed by atoms with Gasteiger partial charge in [-0.05, 0) is 25.1 Å². The standard InChI is InChI=1S/C20H23NO6/c1-3-25-17-10-6-7-11-18(17)26-14-20(23)27-13-19(22)21-12-15-8-4-5-9-16(15)24-2/h4-11H,3,12-14H2,1-2H3,(H,21,22). The van der Waals surface area contributed by atoms with E-state index < -0.39 is 11.9 Å². The molecule has 0 radical (unpaired) electrons. The molecule has 0 saturated heterocycles. The van der Waals surface area contributed by atoms with Gasteiger partial charge in [-0.3, -0.25) is 4.79 Å². The summed E-state index contributed by atoms with van der Waals surface area (Å²) in [5.74, 6) is 0.605. The van der Waals surface area contributed by atoms with Crippen LogP contribution in [0, 0.1) is 0 Å². The lowest BCUT2D eigenvalue weighted by Gasteiger charge is -2.12. The summed E-state index contributed by atoms with van der Waals surface area (Å²) in [6, 6.07) is 14.4. The van der Waals surface area contributed by atoms with Crippen molar-refractivity contribution in [2.24, 2.45) is 0 Å². The zero-order valence-corrected chi connectivity index (χ0v) is 15.4. The van der Waals surface area contributed by atoms with Crippen LogP contribution in [0.25, 0.3) is 0 Å². The molecule has 0 aromatic heterocycles. The van der Waals surface area contributed by atoms with Gasteiger partial charge >= 0.3 is 5.97 Å². The number of methoxy groups -OCH3 is 1. The Kier molecular flexibility index (Phi) is 7.96. The molecule has 0 atom stereocenters. The first-order valence-corrected chi connectivity index (χ1v) is 8.53. The summed E-state index contributed by atoms with van der Waals surface area (Å²) in [4.78, 5) is 23.6. The molecule has 0 aliphatic carbocycles. The number of benzene rings is 2. The number of hydrogen-bond donors (Lipinski definition) is 1. The summed E-state index contributed by atoms with van der Waals surface area (Å²) < 4.78 is 20.9. The minimum absolute atomic E-state index is 0.276. The zero-order valence-electron chi connectivity index (χ0n) is 15.4. The number of nitrogens with one attached hydrogen (secondary N) is 1. The third kappa shape index (κ3) is 6.54. The molecule has 0 fully saturated rings. The number of esters is 1. The van der Waals surface area contributed by atoms with E-state index in [1.54, 1.807) is 31.4 Å². The lowest BCUT2D eigenvalue weighted by molar-refractivity contribution is -0.150. The van der Waals surface area contributed by atoms with Gasteiger partial charge in [0.05, 0.1) is 13.7 Å². The molecule has 7 nitrogen and oxygen atoms in total. The fourth-order valence-electron chi connectivity index (χ4n) is 2.26. The average Bonchev–Trinajstić information content (AvgIpc) is 2.70. The molecule has 2 rings (SSSR count). The van der Waals surface area contributed by atoms with Crippen LogP contribution < -0.4 is 19.5 Å². The number of amides is 1. The van der Waals surface area contributed by atoms with Gasteiger partial charge < -0.3 is 24.3 Å².